The number of carbonyl (C=O) groups excluding carboxylic acids is 1. The van der Waals surface area contributed by atoms with Crippen LogP contribution in [0.15, 0.2) is 0 Å². The molecule has 0 spiro atoms. The van der Waals surface area contributed by atoms with Gasteiger partial charge in [-0.25, -0.2) is 13.1 Å². The van der Waals surface area contributed by atoms with Crippen molar-refractivity contribution in [1.29, 1.82) is 0 Å². The summed E-state index contributed by atoms with van der Waals surface area (Å²) in [6, 6.07) is 0. The summed E-state index contributed by atoms with van der Waals surface area (Å²) >= 11 is 0. The van der Waals surface area contributed by atoms with E-state index in [9.17, 15) is 18.3 Å². The maximum atomic E-state index is 11.4. The third-order valence-corrected chi connectivity index (χ3v) is 4.61. The number of aliphatic carboxylic acids is 1. The molecule has 0 aliphatic heterocycles. The van der Waals surface area contributed by atoms with Crippen molar-refractivity contribution in [1.82, 2.24) is 4.72 Å². The van der Waals surface area contributed by atoms with Crippen LogP contribution in [0.1, 0.15) is 71.1 Å². The summed E-state index contributed by atoms with van der Waals surface area (Å²) in [5.41, 5.74) is 0. The topological polar surface area (TPSA) is 86.3 Å². The summed E-state index contributed by atoms with van der Waals surface area (Å²) in [6.45, 7) is 1.57. The Morgan fingerprint density at radius 3 is 1.76 bits per heavy atom. The molecular weight excluding hydrogens is 317 g/mol. The molecule has 0 bridgehead atoms. The molecule has 0 aromatic heterocycles. The van der Waals surface area contributed by atoms with Crippen molar-refractivity contribution < 1.29 is 69.7 Å². The number of nitrogens with one attached hydrogen (secondary N) is 1. The van der Waals surface area contributed by atoms with E-state index in [0.29, 0.717) is 6.42 Å². The number of carboxylic acids is 1. The summed E-state index contributed by atoms with van der Waals surface area (Å²) in [6.07, 6.45) is 11.3. The number of unbranched alkanes of at least 4 members (excludes halogenated alkanes) is 9. The second kappa shape index (κ2) is 15.9. The van der Waals surface area contributed by atoms with E-state index in [4.69, 9.17) is 0 Å². The van der Waals surface area contributed by atoms with Crippen LogP contribution in [0, 0.1) is 0 Å². The molecule has 1 N–H and O–H groups in total. The fourth-order valence-electron chi connectivity index (χ4n) is 2.02. The first-order valence-electron chi connectivity index (χ1n) is 7.65. The van der Waals surface area contributed by atoms with Gasteiger partial charge in [-0.1, -0.05) is 64.7 Å². The summed E-state index contributed by atoms with van der Waals surface area (Å²) in [7, 11) is -3.46. The molecule has 0 aliphatic carbocycles. The largest absolute Gasteiger partial charge is 1.00 e. The first kappa shape index (κ1) is 24.3. The van der Waals surface area contributed by atoms with Gasteiger partial charge in [0, 0.05) is 0 Å². The van der Waals surface area contributed by atoms with Crippen molar-refractivity contribution in [3.63, 3.8) is 0 Å². The maximum Gasteiger partial charge on any atom is 1.00 e. The molecule has 0 rings (SSSR count). The van der Waals surface area contributed by atoms with Crippen LogP contribution >= 0.6 is 0 Å². The van der Waals surface area contributed by atoms with Crippen molar-refractivity contribution in [2.75, 3.05) is 12.3 Å². The predicted molar refractivity (Wildman–Crippen MR) is 78.6 cm³/mol. The molecule has 0 atom stereocenters. The molecule has 0 unspecified atom stereocenters. The number of sulfonamides is 1. The summed E-state index contributed by atoms with van der Waals surface area (Å²) in [5.74, 6) is -1.41. The molecule has 5 nitrogen and oxygen atoms in total. The molecule has 0 amide bonds. The van der Waals surface area contributed by atoms with Crippen LogP contribution < -0.4 is 61.2 Å². The van der Waals surface area contributed by atoms with Gasteiger partial charge >= 0.3 is 51.4 Å². The average Bonchev–Trinajstić information content (AvgIpc) is 2.39. The van der Waals surface area contributed by atoms with Crippen molar-refractivity contribution in [3.8, 4) is 0 Å². The van der Waals surface area contributed by atoms with Gasteiger partial charge in [0.25, 0.3) is 0 Å². The van der Waals surface area contributed by atoms with E-state index in [1.54, 1.807) is 0 Å². The maximum absolute atomic E-state index is 11.4. The zero-order valence-electron chi connectivity index (χ0n) is 13.5. The number of carboxylic acid groups (broad SMARTS) is 1. The van der Waals surface area contributed by atoms with Crippen molar-refractivity contribution in [2.45, 2.75) is 71.1 Å². The quantitative estimate of drug-likeness (QED) is 0.309. The average molecular weight is 346 g/mol. The molecule has 0 aromatic rings. The molecule has 120 valence electrons. The molecule has 0 radical (unpaired) electrons. The summed E-state index contributed by atoms with van der Waals surface area (Å²) < 4.78 is 24.7. The smallest absolute Gasteiger partial charge is 0.549 e. The van der Waals surface area contributed by atoms with Crippen LogP contribution in [0.4, 0.5) is 0 Å². The standard InChI is InChI=1S/C14H29NO4S.K/c1-2-3-4-5-6-7-8-9-10-11-12-20(18,19)15-13-14(16)17;/h15H,2-13H2,1H3,(H,16,17);/q;+1/p-1. The van der Waals surface area contributed by atoms with Crippen LogP contribution in [-0.4, -0.2) is 26.7 Å². The molecule has 0 saturated heterocycles. The monoisotopic (exact) mass is 345 g/mol. The minimum Gasteiger partial charge on any atom is -0.549 e. The van der Waals surface area contributed by atoms with Crippen LogP contribution in [0.25, 0.3) is 0 Å². The van der Waals surface area contributed by atoms with E-state index in [-0.39, 0.29) is 57.1 Å². The van der Waals surface area contributed by atoms with E-state index in [1.807, 2.05) is 4.72 Å². The Morgan fingerprint density at radius 1 is 0.905 bits per heavy atom. The number of carbonyl (C=O) groups is 1. The molecule has 21 heavy (non-hydrogen) atoms. The molecular formula is C14H28KNO4S. The van der Waals surface area contributed by atoms with Gasteiger partial charge in [0.05, 0.1) is 18.3 Å². The van der Waals surface area contributed by atoms with E-state index >= 15 is 0 Å². The van der Waals surface area contributed by atoms with Crippen LogP contribution in [0.2, 0.25) is 0 Å². The summed E-state index contributed by atoms with van der Waals surface area (Å²) in [5, 5.41) is 10.2. The van der Waals surface area contributed by atoms with Crippen molar-refractivity contribution >= 4 is 16.0 Å². The van der Waals surface area contributed by atoms with Gasteiger partial charge in [0.15, 0.2) is 0 Å². The number of hydrogen-bond acceptors (Lipinski definition) is 4. The fraction of sp³-hybridized carbons (Fsp3) is 0.929. The Bertz CT molecular complexity index is 347. The molecule has 0 aliphatic rings. The van der Waals surface area contributed by atoms with Gasteiger partial charge in [-0.3, -0.25) is 0 Å². The normalized spacial score (nSPS) is 11.1. The first-order chi connectivity index (χ1) is 9.48. The summed E-state index contributed by atoms with van der Waals surface area (Å²) in [4.78, 5) is 10.2. The predicted octanol–water partition coefficient (Wildman–Crippen LogP) is -1.42. The zero-order valence-corrected chi connectivity index (χ0v) is 17.5. The molecule has 7 heteroatoms. The Kier molecular flexibility index (Phi) is 18.4. The SMILES string of the molecule is CCCCCCCCCCCCS(=O)(=O)NCC(=O)[O-].[K+]. The molecule has 0 aromatic carbocycles. The Hall–Kier alpha value is 1.02. The minimum absolute atomic E-state index is 0. The third-order valence-electron chi connectivity index (χ3n) is 3.20. The van der Waals surface area contributed by atoms with Gasteiger partial charge in [-0.05, 0) is 6.42 Å². The van der Waals surface area contributed by atoms with Crippen LogP contribution in [0.3, 0.4) is 0 Å². The van der Waals surface area contributed by atoms with E-state index < -0.39 is 22.5 Å². The third kappa shape index (κ3) is 19.0. The number of hydrogen-bond donors (Lipinski definition) is 1. The van der Waals surface area contributed by atoms with E-state index in [1.165, 1.54) is 38.5 Å². The second-order valence-corrected chi connectivity index (χ2v) is 7.12. The Labute approximate surface area is 172 Å². The van der Waals surface area contributed by atoms with Crippen LogP contribution in [-0.2, 0) is 14.8 Å². The van der Waals surface area contributed by atoms with E-state index in [0.717, 1.165) is 19.3 Å². The van der Waals surface area contributed by atoms with Gasteiger partial charge < -0.3 is 9.90 Å². The van der Waals surface area contributed by atoms with Gasteiger partial charge in [-0.15, -0.1) is 0 Å². The second-order valence-electron chi connectivity index (χ2n) is 5.19. The fourth-order valence-corrected chi connectivity index (χ4v) is 3.09. The van der Waals surface area contributed by atoms with Gasteiger partial charge in [0.1, 0.15) is 0 Å². The molecule has 0 heterocycles. The Morgan fingerprint density at radius 2 is 1.33 bits per heavy atom. The van der Waals surface area contributed by atoms with Crippen molar-refractivity contribution in [3.05, 3.63) is 0 Å². The van der Waals surface area contributed by atoms with E-state index in [2.05, 4.69) is 6.92 Å². The zero-order chi connectivity index (χ0) is 15.3. The van der Waals surface area contributed by atoms with Gasteiger partial charge in [-0.2, -0.15) is 0 Å². The molecule has 0 saturated carbocycles. The Balaban J connectivity index is 0. The van der Waals surface area contributed by atoms with Crippen molar-refractivity contribution in [2.24, 2.45) is 0 Å². The minimum atomic E-state index is -3.46. The first-order valence-corrected chi connectivity index (χ1v) is 9.30. The molecule has 0 fully saturated rings. The number of rotatable bonds is 14. The van der Waals surface area contributed by atoms with Crippen LogP contribution in [0.5, 0.6) is 0 Å². The van der Waals surface area contributed by atoms with Gasteiger partial charge in [0.2, 0.25) is 10.0 Å².